The van der Waals surface area contributed by atoms with Crippen molar-refractivity contribution in [2.24, 2.45) is 0 Å². The van der Waals surface area contributed by atoms with Gasteiger partial charge in [0.2, 0.25) is 0 Å². The van der Waals surface area contributed by atoms with Crippen LogP contribution >= 0.6 is 23.2 Å². The number of aliphatic hydroxyl groups excluding tert-OH is 1. The minimum absolute atomic E-state index is 0.107. The molecule has 0 saturated carbocycles. The SMILES string of the molecule is CCOC(=O)CCc1c(F)cccc1[C@@H](CC)OC[C@H](O)CN1CCC[C@H]1Cc1ccc(Cl)c(Cl)c1. The van der Waals surface area contributed by atoms with E-state index < -0.39 is 6.10 Å². The third-order valence-corrected chi connectivity index (χ3v) is 7.39. The highest BCUT2D eigenvalue weighted by atomic mass is 35.5. The highest BCUT2D eigenvalue weighted by Gasteiger charge is 2.27. The molecule has 0 bridgehead atoms. The fourth-order valence-electron chi connectivity index (χ4n) is 4.88. The van der Waals surface area contributed by atoms with Crippen LogP contribution in [0.1, 0.15) is 62.3 Å². The number of carbonyl (C=O) groups excluding carboxylic acids is 1. The molecule has 0 aliphatic carbocycles. The zero-order valence-electron chi connectivity index (χ0n) is 21.0. The summed E-state index contributed by atoms with van der Waals surface area (Å²) in [5, 5.41) is 11.9. The van der Waals surface area contributed by atoms with E-state index in [4.69, 9.17) is 32.7 Å². The molecule has 0 unspecified atom stereocenters. The fraction of sp³-hybridized carbons (Fsp3) is 0.536. The van der Waals surface area contributed by atoms with Crippen LogP contribution in [-0.2, 0) is 27.1 Å². The molecule has 36 heavy (non-hydrogen) atoms. The zero-order valence-corrected chi connectivity index (χ0v) is 22.5. The zero-order chi connectivity index (χ0) is 26.1. The Morgan fingerprint density at radius 2 is 2.03 bits per heavy atom. The standard InChI is InChI=1S/C28H36Cl2FNO4/c1-3-27(23-8-5-9-26(31)22(23)11-13-28(34)35-4-2)36-18-21(33)17-32-14-6-7-20(32)15-19-10-12-24(29)25(30)16-19/h5,8-10,12,16,20-21,27,33H,3-4,6-7,11,13-15,17-18H2,1-2H3/t20-,21+,27+/m0/s1. The Labute approximate surface area is 223 Å². The van der Waals surface area contributed by atoms with Crippen molar-refractivity contribution in [2.75, 3.05) is 26.3 Å². The summed E-state index contributed by atoms with van der Waals surface area (Å²) in [6.45, 7) is 5.57. The minimum Gasteiger partial charge on any atom is -0.466 e. The van der Waals surface area contributed by atoms with Crippen molar-refractivity contribution >= 4 is 29.2 Å². The van der Waals surface area contributed by atoms with E-state index in [1.807, 2.05) is 31.2 Å². The first-order valence-corrected chi connectivity index (χ1v) is 13.5. The number of β-amino-alcohol motifs (C(OH)–C–C–N with tert-alkyl or cyclic N) is 1. The van der Waals surface area contributed by atoms with E-state index in [-0.39, 0.29) is 37.3 Å². The molecule has 1 fully saturated rings. The molecule has 0 amide bonds. The number of rotatable bonds is 13. The van der Waals surface area contributed by atoms with Crippen LogP contribution in [-0.4, -0.2) is 54.4 Å². The van der Waals surface area contributed by atoms with Crippen LogP contribution in [0.4, 0.5) is 4.39 Å². The van der Waals surface area contributed by atoms with Gasteiger partial charge in [0, 0.05) is 19.0 Å². The molecule has 8 heteroatoms. The first-order chi connectivity index (χ1) is 17.3. The van der Waals surface area contributed by atoms with Crippen molar-refractivity contribution < 1.29 is 23.8 Å². The lowest BCUT2D eigenvalue weighted by Crippen LogP contribution is -2.39. The summed E-state index contributed by atoms with van der Waals surface area (Å²) in [4.78, 5) is 14.1. The number of nitrogens with zero attached hydrogens (tertiary/aromatic N) is 1. The first kappa shape index (κ1) is 28.9. The molecular formula is C28H36Cl2FNO4. The summed E-state index contributed by atoms with van der Waals surface area (Å²) in [7, 11) is 0. The van der Waals surface area contributed by atoms with E-state index in [0.717, 1.165) is 31.4 Å². The van der Waals surface area contributed by atoms with Crippen molar-refractivity contribution in [2.45, 2.75) is 70.6 Å². The summed E-state index contributed by atoms with van der Waals surface area (Å²) in [5.41, 5.74) is 2.31. The maximum absolute atomic E-state index is 14.6. The van der Waals surface area contributed by atoms with Crippen molar-refractivity contribution in [3.05, 3.63) is 69.0 Å². The highest BCUT2D eigenvalue weighted by Crippen LogP contribution is 2.29. The van der Waals surface area contributed by atoms with Crippen LogP contribution in [0.5, 0.6) is 0 Å². The van der Waals surface area contributed by atoms with Gasteiger partial charge in [0.1, 0.15) is 5.82 Å². The van der Waals surface area contributed by atoms with Gasteiger partial charge in [-0.2, -0.15) is 0 Å². The largest absolute Gasteiger partial charge is 0.466 e. The van der Waals surface area contributed by atoms with Gasteiger partial charge in [-0.05, 0) is 80.5 Å². The lowest BCUT2D eigenvalue weighted by Gasteiger charge is -2.28. The number of ether oxygens (including phenoxy) is 2. The average Bonchev–Trinajstić information content (AvgIpc) is 3.27. The maximum atomic E-state index is 14.6. The van der Waals surface area contributed by atoms with Gasteiger partial charge in [-0.25, -0.2) is 4.39 Å². The van der Waals surface area contributed by atoms with Crippen molar-refractivity contribution in [3.8, 4) is 0 Å². The summed E-state index contributed by atoms with van der Waals surface area (Å²) >= 11 is 12.2. The van der Waals surface area contributed by atoms with Crippen molar-refractivity contribution in [1.82, 2.24) is 4.90 Å². The summed E-state index contributed by atoms with van der Waals surface area (Å²) in [6, 6.07) is 10.9. The summed E-state index contributed by atoms with van der Waals surface area (Å²) < 4.78 is 25.7. The molecule has 2 aromatic carbocycles. The molecule has 1 saturated heterocycles. The quantitative estimate of drug-likeness (QED) is 0.308. The average molecular weight is 541 g/mol. The Hall–Kier alpha value is -1.70. The molecule has 1 aliphatic heterocycles. The Morgan fingerprint density at radius 3 is 2.75 bits per heavy atom. The van der Waals surface area contributed by atoms with Gasteiger partial charge in [-0.1, -0.05) is 48.3 Å². The van der Waals surface area contributed by atoms with E-state index in [9.17, 15) is 14.3 Å². The third kappa shape index (κ3) is 8.15. The molecule has 1 heterocycles. The van der Waals surface area contributed by atoms with Gasteiger partial charge in [0.25, 0.3) is 0 Å². The van der Waals surface area contributed by atoms with Gasteiger partial charge >= 0.3 is 5.97 Å². The van der Waals surface area contributed by atoms with E-state index in [1.165, 1.54) is 6.07 Å². The number of benzene rings is 2. The second-order valence-electron chi connectivity index (χ2n) is 9.24. The Morgan fingerprint density at radius 1 is 1.22 bits per heavy atom. The van der Waals surface area contributed by atoms with Crippen LogP contribution in [0, 0.1) is 5.82 Å². The molecule has 1 N–H and O–H groups in total. The number of hydrogen-bond acceptors (Lipinski definition) is 5. The normalized spacial score (nSPS) is 17.8. The van der Waals surface area contributed by atoms with Crippen LogP contribution in [0.25, 0.3) is 0 Å². The van der Waals surface area contributed by atoms with Crippen LogP contribution in [0.2, 0.25) is 10.0 Å². The number of hydrogen-bond donors (Lipinski definition) is 1. The van der Waals surface area contributed by atoms with Gasteiger partial charge in [-0.3, -0.25) is 9.69 Å². The molecule has 198 valence electrons. The summed E-state index contributed by atoms with van der Waals surface area (Å²) in [6.07, 6.45) is 2.89. The monoisotopic (exact) mass is 539 g/mol. The number of esters is 1. The lowest BCUT2D eigenvalue weighted by molar-refractivity contribution is -0.143. The topological polar surface area (TPSA) is 59.0 Å². The molecule has 0 radical (unpaired) electrons. The Bertz CT molecular complexity index is 1010. The van der Waals surface area contributed by atoms with E-state index in [0.29, 0.717) is 46.8 Å². The van der Waals surface area contributed by atoms with Crippen LogP contribution in [0.3, 0.4) is 0 Å². The molecule has 0 aromatic heterocycles. The second kappa shape index (κ2) is 14.3. The highest BCUT2D eigenvalue weighted by molar-refractivity contribution is 6.42. The molecule has 1 aliphatic rings. The fourth-order valence-corrected chi connectivity index (χ4v) is 5.21. The molecule has 5 nitrogen and oxygen atoms in total. The molecule has 3 atom stereocenters. The van der Waals surface area contributed by atoms with Gasteiger partial charge in [0.15, 0.2) is 0 Å². The number of halogens is 3. The number of aliphatic hydroxyl groups is 1. The van der Waals surface area contributed by atoms with Gasteiger partial charge in [0.05, 0.1) is 35.5 Å². The molecule has 2 aromatic rings. The van der Waals surface area contributed by atoms with Crippen LogP contribution in [0.15, 0.2) is 36.4 Å². The molecule has 3 rings (SSSR count). The van der Waals surface area contributed by atoms with Gasteiger partial charge < -0.3 is 14.6 Å². The van der Waals surface area contributed by atoms with Gasteiger partial charge in [-0.15, -0.1) is 0 Å². The summed E-state index contributed by atoms with van der Waals surface area (Å²) in [5.74, 6) is -0.710. The number of likely N-dealkylation sites (tertiary alicyclic amines) is 1. The van der Waals surface area contributed by atoms with Crippen molar-refractivity contribution in [1.29, 1.82) is 0 Å². The lowest BCUT2D eigenvalue weighted by atomic mass is 9.96. The minimum atomic E-state index is -0.676. The smallest absolute Gasteiger partial charge is 0.306 e. The Kier molecular flexibility index (Phi) is 11.5. The predicted octanol–water partition coefficient (Wildman–Crippen LogP) is 6.16. The van der Waals surface area contributed by atoms with E-state index >= 15 is 0 Å². The molecule has 0 spiro atoms. The maximum Gasteiger partial charge on any atom is 0.306 e. The van der Waals surface area contributed by atoms with Crippen LogP contribution < -0.4 is 0 Å². The predicted molar refractivity (Wildman–Crippen MR) is 141 cm³/mol. The number of carbonyl (C=O) groups is 1. The second-order valence-corrected chi connectivity index (χ2v) is 10.1. The third-order valence-electron chi connectivity index (χ3n) is 6.65. The first-order valence-electron chi connectivity index (χ1n) is 12.7. The van der Waals surface area contributed by atoms with E-state index in [1.54, 1.807) is 13.0 Å². The van der Waals surface area contributed by atoms with E-state index in [2.05, 4.69) is 4.90 Å². The Balaban J connectivity index is 1.57. The van der Waals surface area contributed by atoms with Crippen molar-refractivity contribution in [3.63, 3.8) is 0 Å². The molecular weight excluding hydrogens is 504 g/mol.